The van der Waals surface area contributed by atoms with Crippen LogP contribution in [0.5, 0.6) is 0 Å². The Morgan fingerprint density at radius 2 is 1.71 bits per heavy atom. The normalized spacial score (nSPS) is 47.7. The van der Waals surface area contributed by atoms with E-state index in [1.165, 1.54) is 56.9 Å². The van der Waals surface area contributed by atoms with Crippen molar-refractivity contribution < 1.29 is 29.9 Å². The maximum Gasteiger partial charge on any atom is 0.186 e. The topological polar surface area (TPSA) is 99.4 Å². The summed E-state index contributed by atoms with van der Waals surface area (Å²) < 4.78 is 11.9. The smallest absolute Gasteiger partial charge is 0.186 e. The van der Waals surface area contributed by atoms with Crippen LogP contribution in [0.2, 0.25) is 0 Å². The fourth-order valence-electron chi connectivity index (χ4n) is 10.8. The molecule has 6 nitrogen and oxygen atoms in total. The van der Waals surface area contributed by atoms with Gasteiger partial charge in [0.15, 0.2) is 6.29 Å². The molecule has 0 unspecified atom stereocenters. The lowest BCUT2D eigenvalue weighted by atomic mass is 9.47. The molecule has 4 N–H and O–H groups in total. The van der Waals surface area contributed by atoms with Crippen LogP contribution in [0.1, 0.15) is 112 Å². The molecule has 5 rings (SSSR count). The van der Waals surface area contributed by atoms with E-state index in [2.05, 4.69) is 47.6 Å². The van der Waals surface area contributed by atoms with E-state index < -0.39 is 37.3 Å². The zero-order chi connectivity index (χ0) is 29.7. The summed E-state index contributed by atoms with van der Waals surface area (Å²) in [4.78, 5) is 0. The maximum atomic E-state index is 10.5. The molecule has 1 aliphatic heterocycles. The maximum absolute atomic E-state index is 10.5. The number of aliphatic hydroxyl groups excluding tert-OH is 4. The highest BCUT2D eigenvalue weighted by Gasteiger charge is 2.59. The van der Waals surface area contributed by atoms with Gasteiger partial charge in [0.2, 0.25) is 0 Å². The molecule has 1 saturated heterocycles. The molecule has 0 aromatic heterocycles. The predicted octanol–water partition coefficient (Wildman–Crippen LogP) is 5.85. The average molecular weight is 577 g/mol. The number of hydrogen-bond acceptors (Lipinski definition) is 6. The van der Waals surface area contributed by atoms with E-state index in [4.69, 9.17) is 9.47 Å². The van der Waals surface area contributed by atoms with Crippen LogP contribution >= 0.6 is 0 Å². The summed E-state index contributed by atoms with van der Waals surface area (Å²) in [6.07, 6.45) is 9.92. The van der Waals surface area contributed by atoms with Crippen LogP contribution in [0.15, 0.2) is 11.6 Å². The first-order valence-electron chi connectivity index (χ1n) is 17.1. The third kappa shape index (κ3) is 5.73. The van der Waals surface area contributed by atoms with Gasteiger partial charge in [-0.05, 0) is 110 Å². The van der Waals surface area contributed by atoms with Crippen LogP contribution < -0.4 is 0 Å². The van der Waals surface area contributed by atoms with Gasteiger partial charge in [-0.25, -0.2) is 0 Å². The first-order valence-corrected chi connectivity index (χ1v) is 17.1. The highest BCUT2D eigenvalue weighted by Crippen LogP contribution is 2.67. The largest absolute Gasteiger partial charge is 0.394 e. The molecule has 4 fully saturated rings. The molecular weight excluding hydrogens is 516 g/mol. The Balaban J connectivity index is 1.24. The summed E-state index contributed by atoms with van der Waals surface area (Å²) >= 11 is 0. The molecule has 0 amide bonds. The average Bonchev–Trinajstić information content (AvgIpc) is 3.30. The molecule has 0 radical (unpaired) electrons. The predicted molar refractivity (Wildman–Crippen MR) is 161 cm³/mol. The van der Waals surface area contributed by atoms with E-state index in [1.807, 2.05) is 0 Å². The summed E-state index contributed by atoms with van der Waals surface area (Å²) in [5, 5.41) is 40.4. The van der Waals surface area contributed by atoms with Crippen molar-refractivity contribution in [3.63, 3.8) is 0 Å². The van der Waals surface area contributed by atoms with Crippen LogP contribution in [-0.2, 0) is 9.47 Å². The Morgan fingerprint density at radius 1 is 0.951 bits per heavy atom. The van der Waals surface area contributed by atoms with Gasteiger partial charge in [0.25, 0.3) is 0 Å². The van der Waals surface area contributed by atoms with Crippen molar-refractivity contribution in [1.29, 1.82) is 0 Å². The van der Waals surface area contributed by atoms with Crippen molar-refractivity contribution in [2.24, 2.45) is 52.3 Å². The Labute approximate surface area is 249 Å². The molecule has 0 spiro atoms. The van der Waals surface area contributed by atoms with Crippen molar-refractivity contribution in [2.45, 2.75) is 149 Å². The van der Waals surface area contributed by atoms with E-state index >= 15 is 0 Å². The summed E-state index contributed by atoms with van der Waals surface area (Å²) in [6.45, 7) is 14.5. The van der Waals surface area contributed by atoms with Crippen LogP contribution in [0.3, 0.4) is 0 Å². The molecule has 0 aromatic rings. The molecule has 5 aliphatic rings. The number of rotatable bonds is 9. The van der Waals surface area contributed by atoms with E-state index in [0.29, 0.717) is 5.41 Å². The van der Waals surface area contributed by atoms with Gasteiger partial charge in [0.05, 0.1) is 12.7 Å². The Kier molecular flexibility index (Phi) is 9.71. The highest BCUT2D eigenvalue weighted by molar-refractivity contribution is 5.25. The number of ether oxygens (including phenoxy) is 2. The lowest BCUT2D eigenvalue weighted by Gasteiger charge is -2.58. The molecule has 6 heteroatoms. The van der Waals surface area contributed by atoms with Crippen LogP contribution in [-0.4, -0.2) is 63.8 Å². The molecule has 0 bridgehead atoms. The lowest BCUT2D eigenvalue weighted by Crippen LogP contribution is -2.60. The van der Waals surface area contributed by atoms with Gasteiger partial charge in [-0.2, -0.15) is 0 Å². The van der Waals surface area contributed by atoms with Crippen molar-refractivity contribution in [3.05, 3.63) is 11.6 Å². The fourth-order valence-corrected chi connectivity index (χ4v) is 10.8. The third-order valence-corrected chi connectivity index (χ3v) is 13.5. The van der Waals surface area contributed by atoms with Crippen molar-refractivity contribution in [1.82, 2.24) is 0 Å². The molecule has 1 heterocycles. The second kappa shape index (κ2) is 12.5. The second-order valence-electron chi connectivity index (χ2n) is 15.7. The highest BCUT2D eigenvalue weighted by atomic mass is 16.7. The SMILES string of the molecule is CC[C@H](CC[C@@H](C)[C@@H]1CC[C@H]2[C@H]3CC=C4C[C@@H](O[C@@H]5O[C@H](CO)[C@@H](O)[C@H](O)[C@H]5O)CC[C@@]4(C)[C@H]3CC[C@@]21C)C(C)C. The molecule has 4 aliphatic carbocycles. The number of fused-ring (bicyclic) bond motifs is 5. The van der Waals surface area contributed by atoms with E-state index in [-0.39, 0.29) is 11.5 Å². The van der Waals surface area contributed by atoms with Crippen LogP contribution in [0.4, 0.5) is 0 Å². The Morgan fingerprint density at radius 3 is 2.39 bits per heavy atom. The minimum Gasteiger partial charge on any atom is -0.394 e. The minimum absolute atomic E-state index is 0.101. The molecule has 0 aromatic carbocycles. The van der Waals surface area contributed by atoms with Gasteiger partial charge in [-0.15, -0.1) is 0 Å². The number of allylic oxidation sites excluding steroid dienone is 1. The van der Waals surface area contributed by atoms with Gasteiger partial charge in [0, 0.05) is 0 Å². The van der Waals surface area contributed by atoms with Crippen molar-refractivity contribution in [2.75, 3.05) is 6.61 Å². The second-order valence-corrected chi connectivity index (χ2v) is 15.7. The van der Waals surface area contributed by atoms with E-state index in [9.17, 15) is 20.4 Å². The third-order valence-electron chi connectivity index (χ3n) is 13.5. The quantitative estimate of drug-likeness (QED) is 0.257. The van der Waals surface area contributed by atoms with Crippen LogP contribution in [0, 0.1) is 52.3 Å². The van der Waals surface area contributed by atoms with Crippen molar-refractivity contribution in [3.8, 4) is 0 Å². The van der Waals surface area contributed by atoms with Gasteiger partial charge < -0.3 is 29.9 Å². The first kappa shape index (κ1) is 31.9. The molecule has 14 atom stereocenters. The zero-order valence-electron chi connectivity index (χ0n) is 26.7. The standard InChI is InChI=1S/C35H60O6/c1-7-22(20(2)3)9-8-21(4)26-12-13-27-25-11-10-23-18-24(14-16-34(23,5)28(25)15-17-35(26,27)6)40-33-32(39)31(38)30(37)29(19-36)41-33/h10,20-22,24-33,36-39H,7-9,11-19H2,1-6H3/t21-,22-,24+,25-,26+,27+,28+,29-,30-,31+,32-,33-,34-,35-/m1/s1. The molecule has 3 saturated carbocycles. The molecular formula is C35H60O6. The molecule has 236 valence electrons. The fraction of sp³-hybridized carbons (Fsp3) is 0.943. The minimum atomic E-state index is -1.40. The zero-order valence-corrected chi connectivity index (χ0v) is 26.7. The van der Waals surface area contributed by atoms with E-state index in [1.54, 1.807) is 0 Å². The van der Waals surface area contributed by atoms with E-state index in [0.717, 1.165) is 60.7 Å². The Hall–Kier alpha value is -0.500. The summed E-state index contributed by atoms with van der Waals surface area (Å²) in [6, 6.07) is 0. The summed E-state index contributed by atoms with van der Waals surface area (Å²) in [5.74, 6) is 5.66. The summed E-state index contributed by atoms with van der Waals surface area (Å²) in [5.41, 5.74) is 2.19. The lowest BCUT2D eigenvalue weighted by molar-refractivity contribution is -0.313. The number of hydrogen-bond donors (Lipinski definition) is 4. The van der Waals surface area contributed by atoms with Gasteiger partial charge in [-0.1, -0.05) is 66.0 Å². The van der Waals surface area contributed by atoms with Crippen molar-refractivity contribution >= 4 is 0 Å². The molecule has 41 heavy (non-hydrogen) atoms. The Bertz CT molecular complexity index is 918. The summed E-state index contributed by atoms with van der Waals surface area (Å²) in [7, 11) is 0. The first-order chi connectivity index (χ1) is 19.4. The van der Waals surface area contributed by atoms with Gasteiger partial charge in [-0.3, -0.25) is 0 Å². The number of aliphatic hydroxyl groups is 4. The van der Waals surface area contributed by atoms with Gasteiger partial charge in [0.1, 0.15) is 24.4 Å². The monoisotopic (exact) mass is 576 g/mol. The van der Waals surface area contributed by atoms with Crippen LogP contribution in [0.25, 0.3) is 0 Å². The van der Waals surface area contributed by atoms with Gasteiger partial charge >= 0.3 is 0 Å².